The average molecular weight is 389 g/mol. The Balaban J connectivity index is 1.92. The second-order valence-electron chi connectivity index (χ2n) is 7.08. The summed E-state index contributed by atoms with van der Waals surface area (Å²) in [6, 6.07) is 18.0. The van der Waals surface area contributed by atoms with Gasteiger partial charge in [0.1, 0.15) is 11.6 Å². The van der Waals surface area contributed by atoms with Crippen LogP contribution in [-0.4, -0.2) is 28.2 Å². The molecule has 3 aromatic rings. The van der Waals surface area contributed by atoms with Crippen LogP contribution in [0.3, 0.4) is 0 Å². The highest BCUT2D eigenvalue weighted by Gasteiger charge is 2.46. The van der Waals surface area contributed by atoms with Crippen molar-refractivity contribution in [3.8, 4) is 0 Å². The Morgan fingerprint density at radius 3 is 2.41 bits per heavy atom. The Bertz CT molecular complexity index is 1150. The number of rotatable bonds is 4. The third kappa shape index (κ3) is 3.18. The van der Waals surface area contributed by atoms with Crippen molar-refractivity contribution in [2.75, 3.05) is 6.54 Å². The zero-order valence-electron chi connectivity index (χ0n) is 15.9. The van der Waals surface area contributed by atoms with Crippen LogP contribution in [0.25, 0.3) is 16.5 Å². The standard InChI is InChI=1S/C24H20FNO3/c1-2-13-26-21(18-9-5-6-10-19(18)25)20(23(28)24(26)29)22(27)17-12-11-15-7-3-4-8-16(15)14-17/h3-12,14,21,27H,2,13H2,1H3/b22-20+. The highest BCUT2D eigenvalue weighted by atomic mass is 19.1. The molecule has 146 valence electrons. The van der Waals surface area contributed by atoms with Gasteiger partial charge >= 0.3 is 0 Å². The summed E-state index contributed by atoms with van der Waals surface area (Å²) in [6.07, 6.45) is 0.605. The smallest absolute Gasteiger partial charge is 0.295 e. The fraction of sp³-hybridized carbons (Fsp3) is 0.167. The Morgan fingerprint density at radius 2 is 1.69 bits per heavy atom. The number of carbonyl (C=O) groups is 2. The van der Waals surface area contributed by atoms with Gasteiger partial charge in [0.05, 0.1) is 11.6 Å². The molecule has 1 fully saturated rings. The summed E-state index contributed by atoms with van der Waals surface area (Å²) < 4.78 is 14.6. The molecule has 1 heterocycles. The van der Waals surface area contributed by atoms with E-state index in [1.54, 1.807) is 30.3 Å². The number of ketones is 1. The molecule has 1 aliphatic heterocycles. The minimum atomic E-state index is -0.956. The van der Waals surface area contributed by atoms with Gasteiger partial charge in [-0.3, -0.25) is 9.59 Å². The molecule has 0 spiro atoms. The average Bonchev–Trinajstić information content (AvgIpc) is 2.98. The SMILES string of the molecule is CCCN1C(=O)C(=O)/C(=C(/O)c2ccc3ccccc3c2)C1c1ccccc1F. The number of halogens is 1. The predicted octanol–water partition coefficient (Wildman–Crippen LogP) is 4.81. The first kappa shape index (κ1) is 18.9. The number of fused-ring (bicyclic) bond motifs is 1. The Labute approximate surface area is 167 Å². The molecule has 0 bridgehead atoms. The van der Waals surface area contributed by atoms with Crippen LogP contribution in [0.4, 0.5) is 4.39 Å². The lowest BCUT2D eigenvalue weighted by Gasteiger charge is -2.25. The quantitative estimate of drug-likeness (QED) is 0.396. The molecule has 1 aliphatic rings. The third-order valence-corrected chi connectivity index (χ3v) is 5.23. The van der Waals surface area contributed by atoms with E-state index in [9.17, 15) is 19.1 Å². The van der Waals surface area contributed by atoms with E-state index in [-0.39, 0.29) is 23.4 Å². The van der Waals surface area contributed by atoms with Crippen LogP contribution in [0, 0.1) is 5.82 Å². The van der Waals surface area contributed by atoms with E-state index >= 15 is 0 Å². The van der Waals surface area contributed by atoms with Crippen molar-refractivity contribution < 1.29 is 19.1 Å². The number of hydrogen-bond donors (Lipinski definition) is 1. The lowest BCUT2D eigenvalue weighted by molar-refractivity contribution is -0.139. The van der Waals surface area contributed by atoms with Crippen LogP contribution in [-0.2, 0) is 9.59 Å². The molecule has 1 amide bonds. The second kappa shape index (κ2) is 7.51. The van der Waals surface area contributed by atoms with Crippen molar-refractivity contribution in [1.82, 2.24) is 4.90 Å². The number of hydrogen-bond acceptors (Lipinski definition) is 3. The largest absolute Gasteiger partial charge is 0.507 e. The second-order valence-corrected chi connectivity index (χ2v) is 7.08. The molecule has 3 aromatic carbocycles. The zero-order valence-corrected chi connectivity index (χ0v) is 15.9. The molecule has 1 saturated heterocycles. The van der Waals surface area contributed by atoms with E-state index in [1.165, 1.54) is 11.0 Å². The fourth-order valence-electron chi connectivity index (χ4n) is 3.86. The molecule has 29 heavy (non-hydrogen) atoms. The minimum Gasteiger partial charge on any atom is -0.507 e. The molecule has 0 saturated carbocycles. The van der Waals surface area contributed by atoms with Gasteiger partial charge in [-0.05, 0) is 29.3 Å². The molecule has 4 nitrogen and oxygen atoms in total. The van der Waals surface area contributed by atoms with Crippen LogP contribution in [0.15, 0.2) is 72.3 Å². The van der Waals surface area contributed by atoms with E-state index in [4.69, 9.17) is 0 Å². The molecule has 1 unspecified atom stereocenters. The van der Waals surface area contributed by atoms with Gasteiger partial charge in [-0.25, -0.2) is 4.39 Å². The number of likely N-dealkylation sites (tertiary alicyclic amines) is 1. The first-order chi connectivity index (χ1) is 14.0. The Hall–Kier alpha value is -3.47. The highest BCUT2D eigenvalue weighted by molar-refractivity contribution is 6.46. The van der Waals surface area contributed by atoms with Crippen molar-refractivity contribution in [2.24, 2.45) is 0 Å². The topological polar surface area (TPSA) is 57.6 Å². The summed E-state index contributed by atoms with van der Waals surface area (Å²) in [6.45, 7) is 2.17. The van der Waals surface area contributed by atoms with Gasteiger partial charge in [-0.2, -0.15) is 0 Å². The van der Waals surface area contributed by atoms with Crippen LogP contribution < -0.4 is 0 Å². The van der Waals surface area contributed by atoms with Crippen molar-refractivity contribution in [2.45, 2.75) is 19.4 Å². The first-order valence-corrected chi connectivity index (χ1v) is 9.55. The maximum atomic E-state index is 14.6. The molecule has 0 aliphatic carbocycles. The summed E-state index contributed by atoms with van der Waals surface area (Å²) in [5.74, 6) is -2.33. The van der Waals surface area contributed by atoms with Gasteiger partial charge < -0.3 is 10.0 Å². The maximum Gasteiger partial charge on any atom is 0.295 e. The van der Waals surface area contributed by atoms with E-state index in [1.807, 2.05) is 37.3 Å². The van der Waals surface area contributed by atoms with Crippen molar-refractivity contribution in [3.05, 3.63) is 89.2 Å². The summed E-state index contributed by atoms with van der Waals surface area (Å²) in [4.78, 5) is 26.8. The molecule has 5 heteroatoms. The molecule has 0 aromatic heterocycles. The zero-order chi connectivity index (χ0) is 20.5. The normalized spacial score (nSPS) is 18.6. The number of amides is 1. The van der Waals surface area contributed by atoms with Gasteiger partial charge in [-0.15, -0.1) is 0 Å². The number of benzene rings is 3. The summed E-state index contributed by atoms with van der Waals surface area (Å²) >= 11 is 0. The molecular weight excluding hydrogens is 369 g/mol. The van der Waals surface area contributed by atoms with Crippen molar-refractivity contribution in [1.29, 1.82) is 0 Å². The van der Waals surface area contributed by atoms with Crippen LogP contribution in [0.5, 0.6) is 0 Å². The number of aliphatic hydroxyl groups excluding tert-OH is 1. The number of aliphatic hydroxyl groups is 1. The van der Waals surface area contributed by atoms with Gasteiger partial charge in [0.2, 0.25) is 0 Å². The fourth-order valence-corrected chi connectivity index (χ4v) is 3.86. The molecule has 0 radical (unpaired) electrons. The van der Waals surface area contributed by atoms with E-state index in [2.05, 4.69) is 0 Å². The Morgan fingerprint density at radius 1 is 1.00 bits per heavy atom. The van der Waals surface area contributed by atoms with Crippen molar-refractivity contribution >= 4 is 28.2 Å². The summed E-state index contributed by atoms with van der Waals surface area (Å²) in [5.41, 5.74) is 0.533. The van der Waals surface area contributed by atoms with Gasteiger partial charge in [-0.1, -0.05) is 61.5 Å². The van der Waals surface area contributed by atoms with E-state index in [0.717, 1.165) is 10.8 Å². The van der Waals surface area contributed by atoms with E-state index in [0.29, 0.717) is 12.0 Å². The minimum absolute atomic E-state index is 0.0798. The van der Waals surface area contributed by atoms with Gasteiger partial charge in [0, 0.05) is 17.7 Å². The third-order valence-electron chi connectivity index (χ3n) is 5.23. The molecule has 1 atom stereocenters. The molecule has 4 rings (SSSR count). The summed E-state index contributed by atoms with van der Waals surface area (Å²) in [7, 11) is 0. The number of nitrogens with zero attached hydrogens (tertiary/aromatic N) is 1. The highest BCUT2D eigenvalue weighted by Crippen LogP contribution is 2.40. The Kier molecular flexibility index (Phi) is 4.89. The van der Waals surface area contributed by atoms with Crippen LogP contribution in [0.2, 0.25) is 0 Å². The maximum absolute atomic E-state index is 14.6. The van der Waals surface area contributed by atoms with Gasteiger partial charge in [0.25, 0.3) is 11.7 Å². The monoisotopic (exact) mass is 389 g/mol. The molecular formula is C24H20FNO3. The molecule has 1 N–H and O–H groups in total. The lowest BCUT2D eigenvalue weighted by Crippen LogP contribution is -2.30. The first-order valence-electron chi connectivity index (χ1n) is 9.55. The summed E-state index contributed by atoms with van der Waals surface area (Å²) in [5, 5.41) is 12.9. The van der Waals surface area contributed by atoms with E-state index < -0.39 is 23.5 Å². The number of Topliss-reactive ketones (excluding diaryl/α,β-unsaturated/α-hetero) is 1. The van der Waals surface area contributed by atoms with Crippen LogP contribution >= 0.6 is 0 Å². The van der Waals surface area contributed by atoms with Crippen molar-refractivity contribution in [3.63, 3.8) is 0 Å². The predicted molar refractivity (Wildman–Crippen MR) is 110 cm³/mol. The number of carbonyl (C=O) groups excluding carboxylic acids is 2. The van der Waals surface area contributed by atoms with Gasteiger partial charge in [0.15, 0.2) is 0 Å². The van der Waals surface area contributed by atoms with Crippen LogP contribution in [0.1, 0.15) is 30.5 Å². The lowest BCUT2D eigenvalue weighted by atomic mass is 9.94.